The highest BCUT2D eigenvalue weighted by molar-refractivity contribution is 7.98. The summed E-state index contributed by atoms with van der Waals surface area (Å²) in [5.41, 5.74) is 2.12. The number of carboxylic acid groups (broad SMARTS) is 1. The summed E-state index contributed by atoms with van der Waals surface area (Å²) in [6, 6.07) is 13.9. The van der Waals surface area contributed by atoms with Gasteiger partial charge in [-0.3, -0.25) is 9.36 Å². The van der Waals surface area contributed by atoms with E-state index >= 15 is 0 Å². The average molecular weight is 525 g/mol. The van der Waals surface area contributed by atoms with Crippen LogP contribution in [0.2, 0.25) is 0 Å². The Balaban J connectivity index is 1.81. The molecule has 0 bridgehead atoms. The van der Waals surface area contributed by atoms with Crippen LogP contribution in [-0.2, 0) is 14.3 Å². The number of ether oxygens (including phenoxy) is 2. The largest absolute Gasteiger partial charge is 0.482 e. The van der Waals surface area contributed by atoms with Gasteiger partial charge in [0.05, 0.1) is 28.5 Å². The maximum absolute atomic E-state index is 13.6. The molecular weight excluding hydrogens is 500 g/mol. The first-order chi connectivity index (χ1) is 17.3. The molecule has 0 saturated carbocycles. The molecule has 0 aliphatic carbocycles. The van der Waals surface area contributed by atoms with Crippen molar-refractivity contribution in [2.24, 2.45) is 4.99 Å². The summed E-state index contributed by atoms with van der Waals surface area (Å²) >= 11 is 2.85. The van der Waals surface area contributed by atoms with E-state index < -0.39 is 24.6 Å². The molecule has 1 N–H and O–H groups in total. The van der Waals surface area contributed by atoms with Crippen molar-refractivity contribution < 1.29 is 24.2 Å². The smallest absolute Gasteiger partial charge is 0.341 e. The summed E-state index contributed by atoms with van der Waals surface area (Å²) in [5, 5.41) is 8.76. The first-order valence-electron chi connectivity index (χ1n) is 11.1. The van der Waals surface area contributed by atoms with E-state index in [9.17, 15) is 14.4 Å². The van der Waals surface area contributed by atoms with Crippen LogP contribution in [0.25, 0.3) is 6.08 Å². The fourth-order valence-corrected chi connectivity index (χ4v) is 5.30. The van der Waals surface area contributed by atoms with Crippen molar-refractivity contribution in [3.05, 3.63) is 90.6 Å². The number of thioether (sulfide) groups is 1. The highest BCUT2D eigenvalue weighted by atomic mass is 32.2. The third-order valence-electron chi connectivity index (χ3n) is 5.49. The molecule has 186 valence electrons. The molecule has 10 heteroatoms. The van der Waals surface area contributed by atoms with Gasteiger partial charge >= 0.3 is 11.9 Å². The van der Waals surface area contributed by atoms with E-state index in [1.165, 1.54) is 11.3 Å². The van der Waals surface area contributed by atoms with Gasteiger partial charge in [0.25, 0.3) is 5.56 Å². The van der Waals surface area contributed by atoms with E-state index in [0.29, 0.717) is 26.4 Å². The molecule has 2 aromatic carbocycles. The van der Waals surface area contributed by atoms with Crippen molar-refractivity contribution in [1.29, 1.82) is 0 Å². The number of hydrogen-bond donors (Lipinski definition) is 1. The SMILES string of the molecule is CCOC(=O)C1=C(C)N=c2s/c(=C/c3ccc(OCC(=O)O)cc3)c(=O)n2[C@H]1c1ccc(SC)cc1. The van der Waals surface area contributed by atoms with Gasteiger partial charge in [0.15, 0.2) is 11.4 Å². The molecule has 0 fully saturated rings. The first kappa shape index (κ1) is 25.5. The average Bonchev–Trinajstić information content (AvgIpc) is 3.17. The summed E-state index contributed by atoms with van der Waals surface area (Å²) < 4.78 is 12.5. The monoisotopic (exact) mass is 524 g/mol. The Morgan fingerprint density at radius 2 is 1.86 bits per heavy atom. The molecule has 1 aliphatic rings. The zero-order valence-corrected chi connectivity index (χ0v) is 21.5. The van der Waals surface area contributed by atoms with E-state index in [0.717, 1.165) is 16.0 Å². The van der Waals surface area contributed by atoms with Crippen molar-refractivity contribution in [1.82, 2.24) is 4.57 Å². The van der Waals surface area contributed by atoms with Crippen LogP contribution in [0.5, 0.6) is 5.75 Å². The molecule has 1 atom stereocenters. The molecule has 0 unspecified atom stereocenters. The predicted molar refractivity (Wildman–Crippen MR) is 138 cm³/mol. The maximum Gasteiger partial charge on any atom is 0.341 e. The standard InChI is InChI=1S/C26H24N2O6S2/c1-4-33-25(32)22-15(2)27-26-28(23(22)17-7-11-19(35-3)12-8-17)24(31)20(36-26)13-16-5-9-18(10-6-16)34-14-21(29)30/h5-13,23H,4,14H2,1-3H3,(H,29,30)/b20-13+/t23-/m0/s1. The number of fused-ring (bicyclic) bond motifs is 1. The van der Waals surface area contributed by atoms with Crippen molar-refractivity contribution >= 4 is 41.1 Å². The van der Waals surface area contributed by atoms with E-state index in [-0.39, 0.29) is 12.2 Å². The normalized spacial score (nSPS) is 15.3. The molecule has 1 aliphatic heterocycles. The zero-order chi connectivity index (χ0) is 25.8. The lowest BCUT2D eigenvalue weighted by molar-refractivity contribution is -0.140. The van der Waals surface area contributed by atoms with E-state index in [1.54, 1.807) is 60.5 Å². The number of thiazole rings is 1. The molecule has 2 heterocycles. The molecule has 0 saturated heterocycles. The van der Waals surface area contributed by atoms with Gasteiger partial charge < -0.3 is 14.6 Å². The maximum atomic E-state index is 13.6. The molecule has 0 radical (unpaired) electrons. The highest BCUT2D eigenvalue weighted by Gasteiger charge is 2.33. The number of rotatable bonds is 8. The number of aliphatic carboxylic acids is 1. The Labute approximate surface area is 215 Å². The zero-order valence-electron chi connectivity index (χ0n) is 19.9. The highest BCUT2D eigenvalue weighted by Crippen LogP contribution is 2.31. The quantitative estimate of drug-likeness (QED) is 0.357. The summed E-state index contributed by atoms with van der Waals surface area (Å²) in [7, 11) is 0. The molecule has 36 heavy (non-hydrogen) atoms. The summed E-state index contributed by atoms with van der Waals surface area (Å²) in [6.07, 6.45) is 3.72. The Morgan fingerprint density at radius 1 is 1.17 bits per heavy atom. The number of hydrogen-bond acceptors (Lipinski definition) is 8. The van der Waals surface area contributed by atoms with Crippen LogP contribution in [0.3, 0.4) is 0 Å². The van der Waals surface area contributed by atoms with Crippen molar-refractivity contribution in [3.63, 3.8) is 0 Å². The molecule has 1 aromatic heterocycles. The summed E-state index contributed by atoms with van der Waals surface area (Å²) in [4.78, 5) is 43.4. The number of carbonyl (C=O) groups is 2. The van der Waals surface area contributed by atoms with Gasteiger partial charge in [-0.1, -0.05) is 35.6 Å². The van der Waals surface area contributed by atoms with Gasteiger partial charge in [-0.05, 0) is 61.6 Å². The van der Waals surface area contributed by atoms with E-state index in [1.807, 2.05) is 30.5 Å². The minimum absolute atomic E-state index is 0.213. The van der Waals surface area contributed by atoms with Crippen LogP contribution in [0.1, 0.15) is 31.0 Å². The Kier molecular flexibility index (Phi) is 7.76. The van der Waals surface area contributed by atoms with Gasteiger partial charge in [0.2, 0.25) is 0 Å². The second-order valence-electron chi connectivity index (χ2n) is 7.83. The van der Waals surface area contributed by atoms with Crippen molar-refractivity contribution in [2.45, 2.75) is 24.8 Å². The number of carbonyl (C=O) groups excluding carboxylic acids is 1. The number of aromatic nitrogens is 1. The van der Waals surface area contributed by atoms with Gasteiger partial charge in [0, 0.05) is 4.90 Å². The lowest BCUT2D eigenvalue weighted by Crippen LogP contribution is -2.39. The van der Waals surface area contributed by atoms with Crippen LogP contribution in [-0.4, -0.2) is 41.1 Å². The molecule has 0 spiro atoms. The van der Waals surface area contributed by atoms with Crippen LogP contribution in [0, 0.1) is 0 Å². The number of nitrogens with zero attached hydrogens (tertiary/aromatic N) is 2. The minimum Gasteiger partial charge on any atom is -0.482 e. The lowest BCUT2D eigenvalue weighted by Gasteiger charge is -2.24. The van der Waals surface area contributed by atoms with Crippen molar-refractivity contribution in [2.75, 3.05) is 19.5 Å². The molecular formula is C26H24N2O6S2. The lowest BCUT2D eigenvalue weighted by atomic mass is 9.96. The van der Waals surface area contributed by atoms with Crippen LogP contribution in [0.15, 0.2) is 74.5 Å². The molecule has 0 amide bonds. The Morgan fingerprint density at radius 3 is 2.47 bits per heavy atom. The van der Waals surface area contributed by atoms with Crippen LogP contribution in [0.4, 0.5) is 0 Å². The summed E-state index contributed by atoms with van der Waals surface area (Å²) in [5.74, 6) is -1.14. The fraction of sp³-hybridized carbons (Fsp3) is 0.231. The van der Waals surface area contributed by atoms with Crippen LogP contribution < -0.4 is 19.6 Å². The van der Waals surface area contributed by atoms with Gasteiger partial charge in [-0.25, -0.2) is 14.6 Å². The molecule has 4 rings (SSSR count). The van der Waals surface area contributed by atoms with Gasteiger partial charge in [0.1, 0.15) is 5.75 Å². The number of carboxylic acids is 1. The van der Waals surface area contributed by atoms with E-state index in [4.69, 9.17) is 14.6 Å². The van der Waals surface area contributed by atoms with Gasteiger partial charge in [-0.15, -0.1) is 11.8 Å². The molecule has 3 aromatic rings. The van der Waals surface area contributed by atoms with Crippen LogP contribution >= 0.6 is 23.1 Å². The van der Waals surface area contributed by atoms with Gasteiger partial charge in [-0.2, -0.15) is 0 Å². The second-order valence-corrected chi connectivity index (χ2v) is 9.72. The fourth-order valence-electron chi connectivity index (χ4n) is 3.85. The predicted octanol–water partition coefficient (Wildman–Crippen LogP) is 2.98. The Hall–Kier alpha value is -3.63. The number of benzene rings is 2. The topological polar surface area (TPSA) is 107 Å². The van der Waals surface area contributed by atoms with Crippen molar-refractivity contribution in [3.8, 4) is 5.75 Å². The number of allylic oxidation sites excluding steroid dienone is 1. The van der Waals surface area contributed by atoms with E-state index in [2.05, 4.69) is 4.99 Å². The summed E-state index contributed by atoms with van der Waals surface area (Å²) in [6.45, 7) is 3.27. The Bertz CT molecular complexity index is 1500. The molecule has 8 nitrogen and oxygen atoms in total. The third kappa shape index (κ3) is 5.29. The second kappa shape index (κ2) is 11.0. The number of esters is 1. The first-order valence-corrected chi connectivity index (χ1v) is 13.1. The minimum atomic E-state index is -1.06. The third-order valence-corrected chi connectivity index (χ3v) is 7.22.